The molecule has 0 aliphatic rings. The molecule has 2 heteroatoms. The molecule has 0 N–H and O–H groups in total. The number of benzene rings is 1. The molecule has 0 atom stereocenters. The molecule has 1 aromatic rings. The summed E-state index contributed by atoms with van der Waals surface area (Å²) >= 11 is 9.74. The van der Waals surface area contributed by atoms with Gasteiger partial charge in [-0.2, -0.15) is 12.6 Å². The minimum atomic E-state index is 0.560. The van der Waals surface area contributed by atoms with Crippen LogP contribution < -0.4 is 0 Å². The van der Waals surface area contributed by atoms with Gasteiger partial charge < -0.3 is 0 Å². The number of halogens is 1. The van der Waals surface area contributed by atoms with E-state index in [1.54, 1.807) is 0 Å². The zero-order valence-electron chi connectivity index (χ0n) is 7.26. The number of hydrogen-bond acceptors (Lipinski definition) is 1. The second-order valence-electron chi connectivity index (χ2n) is 2.61. The van der Waals surface area contributed by atoms with E-state index < -0.39 is 0 Å². The summed E-state index contributed by atoms with van der Waals surface area (Å²) in [4.78, 5) is 0. The average molecular weight is 211 g/mol. The minimum absolute atomic E-state index is 0.560. The molecule has 0 amide bonds. The molecule has 0 radical (unpaired) electrons. The van der Waals surface area contributed by atoms with Crippen molar-refractivity contribution in [3.8, 4) is 11.8 Å². The largest absolute Gasteiger partial charge is 0.178 e. The maximum absolute atomic E-state index is 5.66. The first-order chi connectivity index (χ1) is 6.36. The third-order valence-corrected chi connectivity index (χ3v) is 2.11. The van der Waals surface area contributed by atoms with Crippen molar-refractivity contribution in [3.05, 3.63) is 35.4 Å². The lowest BCUT2D eigenvalue weighted by Gasteiger charge is -1.93. The smallest absolute Gasteiger partial charge is 0.0474 e. The van der Waals surface area contributed by atoms with Gasteiger partial charge in [-0.25, -0.2) is 0 Å². The molecule has 0 heterocycles. The molecule has 0 aromatic heterocycles. The molecular weight excluding hydrogens is 200 g/mol. The van der Waals surface area contributed by atoms with Gasteiger partial charge in [0, 0.05) is 23.6 Å². The molecule has 13 heavy (non-hydrogen) atoms. The van der Waals surface area contributed by atoms with E-state index in [-0.39, 0.29) is 0 Å². The first-order valence-corrected chi connectivity index (χ1v) is 5.28. The van der Waals surface area contributed by atoms with Crippen molar-refractivity contribution in [2.45, 2.75) is 12.3 Å². The van der Waals surface area contributed by atoms with E-state index in [0.29, 0.717) is 5.88 Å². The average Bonchev–Trinajstić information content (AvgIpc) is 2.19. The van der Waals surface area contributed by atoms with Gasteiger partial charge in [0.05, 0.1) is 0 Å². The molecule has 0 bridgehead atoms. The Labute approximate surface area is 89.7 Å². The van der Waals surface area contributed by atoms with Gasteiger partial charge in [-0.05, 0) is 17.7 Å². The van der Waals surface area contributed by atoms with Crippen LogP contribution in [0.15, 0.2) is 24.3 Å². The molecule has 0 unspecified atom stereocenters. The summed E-state index contributed by atoms with van der Waals surface area (Å²) in [6.07, 6.45) is 0.834. The van der Waals surface area contributed by atoms with E-state index in [9.17, 15) is 0 Å². The Morgan fingerprint density at radius 1 is 1.23 bits per heavy atom. The quantitative estimate of drug-likeness (QED) is 0.433. The maximum atomic E-state index is 5.66. The van der Waals surface area contributed by atoms with Gasteiger partial charge in [0.2, 0.25) is 0 Å². The summed E-state index contributed by atoms with van der Waals surface area (Å²) in [5.41, 5.74) is 2.16. The van der Waals surface area contributed by atoms with Crippen LogP contribution in [0.25, 0.3) is 0 Å². The molecule has 0 saturated carbocycles. The summed E-state index contributed by atoms with van der Waals surface area (Å²) in [5, 5.41) is 0. The van der Waals surface area contributed by atoms with E-state index in [0.717, 1.165) is 23.3 Å². The fourth-order valence-corrected chi connectivity index (χ4v) is 1.19. The van der Waals surface area contributed by atoms with E-state index >= 15 is 0 Å². The summed E-state index contributed by atoms with van der Waals surface area (Å²) in [6, 6.07) is 7.97. The van der Waals surface area contributed by atoms with Crippen molar-refractivity contribution >= 4 is 24.2 Å². The highest BCUT2D eigenvalue weighted by molar-refractivity contribution is 7.80. The van der Waals surface area contributed by atoms with Gasteiger partial charge in [0.15, 0.2) is 0 Å². The first kappa shape index (κ1) is 10.5. The van der Waals surface area contributed by atoms with E-state index in [1.807, 2.05) is 24.3 Å². The standard InChI is InChI=1S/C11H11ClS/c12-9-11-6-4-10(5-7-11)3-1-2-8-13/h4-7,13H,2,8-9H2. The molecule has 0 aliphatic carbocycles. The van der Waals surface area contributed by atoms with Gasteiger partial charge in [0.1, 0.15) is 0 Å². The highest BCUT2D eigenvalue weighted by Crippen LogP contribution is 2.05. The van der Waals surface area contributed by atoms with Crippen molar-refractivity contribution in [2.24, 2.45) is 0 Å². The number of alkyl halides is 1. The van der Waals surface area contributed by atoms with Crippen LogP contribution in [0.3, 0.4) is 0 Å². The van der Waals surface area contributed by atoms with Crippen molar-refractivity contribution < 1.29 is 0 Å². The lowest BCUT2D eigenvalue weighted by Crippen LogP contribution is -1.78. The van der Waals surface area contributed by atoms with Crippen LogP contribution in [0, 0.1) is 11.8 Å². The van der Waals surface area contributed by atoms with Gasteiger partial charge in [0.25, 0.3) is 0 Å². The van der Waals surface area contributed by atoms with Crippen molar-refractivity contribution in [1.82, 2.24) is 0 Å². The van der Waals surface area contributed by atoms with Gasteiger partial charge in [-0.1, -0.05) is 24.0 Å². The lowest BCUT2D eigenvalue weighted by molar-refractivity contribution is 1.31. The van der Waals surface area contributed by atoms with Crippen LogP contribution in [-0.2, 0) is 5.88 Å². The fourth-order valence-electron chi connectivity index (χ4n) is 0.898. The molecule has 0 saturated heterocycles. The van der Waals surface area contributed by atoms with Gasteiger partial charge in [-0.15, -0.1) is 11.6 Å². The third-order valence-electron chi connectivity index (χ3n) is 1.58. The van der Waals surface area contributed by atoms with Gasteiger partial charge >= 0.3 is 0 Å². The summed E-state index contributed by atoms with van der Waals surface area (Å²) in [6.45, 7) is 0. The molecule has 68 valence electrons. The van der Waals surface area contributed by atoms with Crippen LogP contribution in [0.1, 0.15) is 17.5 Å². The highest BCUT2D eigenvalue weighted by atomic mass is 35.5. The fraction of sp³-hybridized carbons (Fsp3) is 0.273. The van der Waals surface area contributed by atoms with Crippen LogP contribution >= 0.6 is 24.2 Å². The predicted octanol–water partition coefficient (Wildman–Crippen LogP) is 3.10. The number of rotatable bonds is 2. The SMILES string of the molecule is SCCC#Cc1ccc(CCl)cc1. The molecule has 0 aliphatic heterocycles. The van der Waals surface area contributed by atoms with Crippen LogP contribution in [0.4, 0.5) is 0 Å². The molecule has 0 fully saturated rings. The molecule has 1 rings (SSSR count). The Morgan fingerprint density at radius 2 is 1.92 bits per heavy atom. The zero-order chi connectivity index (χ0) is 9.52. The van der Waals surface area contributed by atoms with E-state index in [1.165, 1.54) is 0 Å². The monoisotopic (exact) mass is 210 g/mol. The summed E-state index contributed by atoms with van der Waals surface area (Å²) in [7, 11) is 0. The minimum Gasteiger partial charge on any atom is -0.178 e. The molecular formula is C11H11ClS. The Hall–Kier alpha value is -0.580. The molecule has 1 aromatic carbocycles. The predicted molar refractivity (Wildman–Crippen MR) is 61.3 cm³/mol. The third kappa shape index (κ3) is 3.76. The number of hydrogen-bond donors (Lipinski definition) is 1. The van der Waals surface area contributed by atoms with Crippen LogP contribution in [0.2, 0.25) is 0 Å². The summed E-state index contributed by atoms with van der Waals surface area (Å²) < 4.78 is 0. The Morgan fingerprint density at radius 3 is 2.46 bits per heavy atom. The van der Waals surface area contributed by atoms with Crippen LogP contribution in [0.5, 0.6) is 0 Å². The summed E-state index contributed by atoms with van der Waals surface area (Å²) in [5.74, 6) is 7.46. The maximum Gasteiger partial charge on any atom is 0.0474 e. The Bertz CT molecular complexity index is 305. The Balaban J connectivity index is 2.65. The number of thiol groups is 1. The lowest BCUT2D eigenvalue weighted by atomic mass is 10.1. The van der Waals surface area contributed by atoms with Crippen LogP contribution in [-0.4, -0.2) is 5.75 Å². The second kappa shape index (κ2) is 5.96. The normalized spacial score (nSPS) is 9.08. The van der Waals surface area contributed by atoms with E-state index in [4.69, 9.17) is 11.6 Å². The van der Waals surface area contributed by atoms with Crippen molar-refractivity contribution in [3.63, 3.8) is 0 Å². The highest BCUT2D eigenvalue weighted by Gasteiger charge is 1.88. The molecule has 0 spiro atoms. The van der Waals surface area contributed by atoms with Crippen molar-refractivity contribution in [1.29, 1.82) is 0 Å². The van der Waals surface area contributed by atoms with Crippen molar-refractivity contribution in [2.75, 3.05) is 5.75 Å². The molecule has 0 nitrogen and oxygen atoms in total. The zero-order valence-corrected chi connectivity index (χ0v) is 8.91. The Kier molecular flexibility index (Phi) is 4.82. The van der Waals surface area contributed by atoms with Gasteiger partial charge in [-0.3, -0.25) is 0 Å². The second-order valence-corrected chi connectivity index (χ2v) is 3.32. The van der Waals surface area contributed by atoms with E-state index in [2.05, 4.69) is 24.5 Å². The topological polar surface area (TPSA) is 0 Å². The first-order valence-electron chi connectivity index (χ1n) is 4.11.